The minimum atomic E-state index is 0.343. The molecule has 2 nitrogen and oxygen atoms in total. The lowest BCUT2D eigenvalue weighted by Gasteiger charge is -2.26. The highest BCUT2D eigenvalue weighted by molar-refractivity contribution is 7.07. The van der Waals surface area contributed by atoms with Crippen LogP contribution in [0, 0.1) is 5.41 Å². The van der Waals surface area contributed by atoms with Crippen LogP contribution in [0.25, 0.3) is 0 Å². The van der Waals surface area contributed by atoms with Crippen LogP contribution in [0.3, 0.4) is 0 Å². The van der Waals surface area contributed by atoms with Crippen molar-refractivity contribution in [1.29, 1.82) is 0 Å². The molecule has 0 saturated carbocycles. The van der Waals surface area contributed by atoms with E-state index in [-0.39, 0.29) is 0 Å². The van der Waals surface area contributed by atoms with Gasteiger partial charge in [-0.05, 0) is 42.3 Å². The smallest absolute Gasteiger partial charge is 0.0538 e. The van der Waals surface area contributed by atoms with E-state index in [0.29, 0.717) is 5.41 Å². The van der Waals surface area contributed by atoms with E-state index in [4.69, 9.17) is 4.74 Å². The first-order valence-corrected chi connectivity index (χ1v) is 6.02. The van der Waals surface area contributed by atoms with Crippen LogP contribution < -0.4 is 5.32 Å². The van der Waals surface area contributed by atoms with Gasteiger partial charge in [0.1, 0.15) is 0 Å². The molecule has 1 aromatic heterocycles. The van der Waals surface area contributed by atoms with Crippen molar-refractivity contribution in [2.24, 2.45) is 5.41 Å². The molecule has 1 saturated heterocycles. The molecule has 2 heterocycles. The van der Waals surface area contributed by atoms with Crippen LogP contribution in [0.2, 0.25) is 0 Å². The van der Waals surface area contributed by atoms with E-state index < -0.39 is 0 Å². The number of thiophene rings is 1. The van der Waals surface area contributed by atoms with E-state index in [2.05, 4.69) is 22.1 Å². The molecule has 1 N–H and O–H groups in total. The summed E-state index contributed by atoms with van der Waals surface area (Å²) in [4.78, 5) is 0. The normalized spacial score (nSPS) is 26.9. The Labute approximate surface area is 89.3 Å². The molecule has 2 rings (SSSR count). The van der Waals surface area contributed by atoms with E-state index in [1.807, 2.05) is 7.05 Å². The van der Waals surface area contributed by atoms with Crippen molar-refractivity contribution in [3.8, 4) is 0 Å². The van der Waals surface area contributed by atoms with Crippen molar-refractivity contribution in [1.82, 2.24) is 5.32 Å². The van der Waals surface area contributed by atoms with Crippen LogP contribution in [0.15, 0.2) is 16.8 Å². The molecule has 1 aromatic rings. The first kappa shape index (κ1) is 10.1. The quantitative estimate of drug-likeness (QED) is 0.821. The lowest BCUT2D eigenvalue weighted by Crippen LogP contribution is -2.35. The predicted octanol–water partition coefficient (Wildman–Crippen LogP) is 1.92. The largest absolute Gasteiger partial charge is 0.381 e. The molecule has 1 unspecified atom stereocenters. The first-order valence-electron chi connectivity index (χ1n) is 5.08. The standard InChI is InChI=1S/C11H17NOS/c1-12-8-11(3-4-13-9-11)6-10-2-5-14-7-10/h2,5,7,12H,3-4,6,8-9H2,1H3. The highest BCUT2D eigenvalue weighted by atomic mass is 32.1. The highest BCUT2D eigenvalue weighted by Gasteiger charge is 2.34. The highest BCUT2D eigenvalue weighted by Crippen LogP contribution is 2.32. The molecule has 1 aliphatic rings. The molecule has 1 atom stereocenters. The van der Waals surface area contributed by atoms with E-state index in [1.165, 1.54) is 12.0 Å². The third kappa shape index (κ3) is 2.16. The van der Waals surface area contributed by atoms with Gasteiger partial charge < -0.3 is 10.1 Å². The minimum Gasteiger partial charge on any atom is -0.381 e. The van der Waals surface area contributed by atoms with Crippen molar-refractivity contribution in [3.63, 3.8) is 0 Å². The van der Waals surface area contributed by atoms with Gasteiger partial charge in [-0.25, -0.2) is 0 Å². The molecule has 0 aliphatic carbocycles. The second kappa shape index (κ2) is 4.43. The summed E-state index contributed by atoms with van der Waals surface area (Å²) in [5.41, 5.74) is 1.80. The Morgan fingerprint density at radius 3 is 3.14 bits per heavy atom. The maximum absolute atomic E-state index is 5.53. The van der Waals surface area contributed by atoms with Crippen LogP contribution in [0.1, 0.15) is 12.0 Å². The molecule has 78 valence electrons. The molecular weight excluding hydrogens is 194 g/mol. The molecular formula is C11H17NOS. The van der Waals surface area contributed by atoms with Gasteiger partial charge in [0.15, 0.2) is 0 Å². The Bertz CT molecular complexity index is 265. The molecule has 0 bridgehead atoms. The predicted molar refractivity (Wildman–Crippen MR) is 59.8 cm³/mol. The summed E-state index contributed by atoms with van der Waals surface area (Å²) in [5, 5.41) is 7.68. The number of hydrogen-bond donors (Lipinski definition) is 1. The third-order valence-corrected chi connectivity index (χ3v) is 3.63. The third-order valence-electron chi connectivity index (χ3n) is 2.90. The van der Waals surface area contributed by atoms with Gasteiger partial charge in [0.05, 0.1) is 6.61 Å². The van der Waals surface area contributed by atoms with Crippen LogP contribution in [-0.4, -0.2) is 26.8 Å². The Morgan fingerprint density at radius 2 is 2.57 bits per heavy atom. The van der Waals surface area contributed by atoms with Gasteiger partial charge in [-0.3, -0.25) is 0 Å². The van der Waals surface area contributed by atoms with Gasteiger partial charge in [-0.1, -0.05) is 0 Å². The van der Waals surface area contributed by atoms with E-state index >= 15 is 0 Å². The summed E-state index contributed by atoms with van der Waals surface area (Å²) in [5.74, 6) is 0. The molecule has 0 radical (unpaired) electrons. The molecule has 1 fully saturated rings. The molecule has 0 spiro atoms. The topological polar surface area (TPSA) is 21.3 Å². The van der Waals surface area contributed by atoms with Gasteiger partial charge in [0, 0.05) is 18.6 Å². The minimum absolute atomic E-state index is 0.343. The van der Waals surface area contributed by atoms with Gasteiger partial charge in [0.2, 0.25) is 0 Å². The summed E-state index contributed by atoms with van der Waals surface area (Å²) < 4.78 is 5.53. The average Bonchev–Trinajstić information content (AvgIpc) is 2.78. The maximum atomic E-state index is 5.53. The van der Waals surface area contributed by atoms with Gasteiger partial charge in [-0.2, -0.15) is 11.3 Å². The fourth-order valence-electron chi connectivity index (χ4n) is 2.19. The molecule has 3 heteroatoms. The number of nitrogens with one attached hydrogen (secondary N) is 1. The lowest BCUT2D eigenvalue weighted by atomic mass is 9.81. The second-order valence-corrected chi connectivity index (χ2v) is 4.92. The summed E-state index contributed by atoms with van der Waals surface area (Å²) >= 11 is 1.78. The second-order valence-electron chi connectivity index (χ2n) is 4.14. The summed E-state index contributed by atoms with van der Waals surface area (Å²) in [6.45, 7) is 2.89. The fourth-order valence-corrected chi connectivity index (χ4v) is 2.86. The van der Waals surface area contributed by atoms with Crippen molar-refractivity contribution < 1.29 is 4.74 Å². The number of hydrogen-bond acceptors (Lipinski definition) is 3. The average molecular weight is 211 g/mol. The van der Waals surface area contributed by atoms with Crippen LogP contribution >= 0.6 is 11.3 Å². The van der Waals surface area contributed by atoms with Gasteiger partial charge >= 0.3 is 0 Å². The molecule has 0 aromatic carbocycles. The molecule has 0 amide bonds. The van der Waals surface area contributed by atoms with Crippen molar-refractivity contribution >= 4 is 11.3 Å². The van der Waals surface area contributed by atoms with Crippen LogP contribution in [-0.2, 0) is 11.2 Å². The SMILES string of the molecule is CNCC1(Cc2ccsc2)CCOC1. The molecule has 1 aliphatic heterocycles. The Hall–Kier alpha value is -0.380. The summed E-state index contributed by atoms with van der Waals surface area (Å²) in [6.07, 6.45) is 2.33. The van der Waals surface area contributed by atoms with Gasteiger partial charge in [0.25, 0.3) is 0 Å². The van der Waals surface area contributed by atoms with Gasteiger partial charge in [-0.15, -0.1) is 0 Å². The zero-order valence-corrected chi connectivity index (χ0v) is 9.40. The first-order chi connectivity index (χ1) is 6.85. The number of ether oxygens (including phenoxy) is 1. The Kier molecular flexibility index (Phi) is 3.21. The Balaban J connectivity index is 2.04. The van der Waals surface area contributed by atoms with Crippen molar-refractivity contribution in [2.45, 2.75) is 12.8 Å². The zero-order valence-electron chi connectivity index (χ0n) is 8.58. The lowest BCUT2D eigenvalue weighted by molar-refractivity contribution is 0.150. The summed E-state index contributed by atoms with van der Waals surface area (Å²) in [6, 6.07) is 2.22. The van der Waals surface area contributed by atoms with Crippen molar-refractivity contribution in [3.05, 3.63) is 22.4 Å². The Morgan fingerprint density at radius 1 is 1.64 bits per heavy atom. The molecule has 14 heavy (non-hydrogen) atoms. The summed E-state index contributed by atoms with van der Waals surface area (Å²) in [7, 11) is 2.02. The fraction of sp³-hybridized carbons (Fsp3) is 0.636. The van der Waals surface area contributed by atoms with Crippen molar-refractivity contribution in [2.75, 3.05) is 26.8 Å². The maximum Gasteiger partial charge on any atom is 0.0538 e. The zero-order chi connectivity index (χ0) is 9.86. The van der Waals surface area contributed by atoms with E-state index in [1.54, 1.807) is 11.3 Å². The van der Waals surface area contributed by atoms with Crippen LogP contribution in [0.5, 0.6) is 0 Å². The van der Waals surface area contributed by atoms with E-state index in [9.17, 15) is 0 Å². The number of rotatable bonds is 4. The monoisotopic (exact) mass is 211 g/mol. The van der Waals surface area contributed by atoms with E-state index in [0.717, 1.165) is 26.2 Å². The van der Waals surface area contributed by atoms with Crippen LogP contribution in [0.4, 0.5) is 0 Å².